The molecule has 1 N–H and O–H groups in total. The van der Waals surface area contributed by atoms with Gasteiger partial charge >= 0.3 is 12.1 Å². The topological polar surface area (TPSA) is 49.4 Å². The number of hydrogen-bond donors (Lipinski definition) is 1. The van der Waals surface area contributed by atoms with E-state index in [0.717, 1.165) is 66.7 Å². The highest BCUT2D eigenvalue weighted by Crippen LogP contribution is 2.39. The second-order valence-corrected chi connectivity index (χ2v) is 7.68. The van der Waals surface area contributed by atoms with Crippen molar-refractivity contribution >= 4 is 28.2 Å². The number of rotatable bonds is 2. The van der Waals surface area contributed by atoms with E-state index in [0.29, 0.717) is 25.1 Å². The quantitative estimate of drug-likeness (QED) is 0.791. The third kappa shape index (κ3) is 3.99. The van der Waals surface area contributed by atoms with Crippen molar-refractivity contribution in [3.05, 3.63) is 16.0 Å². The number of carbonyl (C=O) groups excluding carboxylic acids is 2. The lowest BCUT2D eigenvalue weighted by Crippen LogP contribution is -2.37. The Morgan fingerprint density at radius 2 is 1.60 bits per heavy atom. The third-order valence-corrected chi connectivity index (χ3v) is 5.97. The zero-order chi connectivity index (χ0) is 18.0. The van der Waals surface area contributed by atoms with Crippen LogP contribution in [0.25, 0.3) is 0 Å². The number of nitrogens with one attached hydrogen (secondary N) is 1. The van der Waals surface area contributed by atoms with Gasteiger partial charge in [-0.15, -0.1) is 11.3 Å². The number of amides is 2. The van der Waals surface area contributed by atoms with E-state index in [1.54, 1.807) is 4.90 Å². The molecule has 1 saturated heterocycles. The van der Waals surface area contributed by atoms with Crippen LogP contribution in [-0.2, 0) is 17.6 Å². The van der Waals surface area contributed by atoms with Gasteiger partial charge in [-0.25, -0.2) is 0 Å². The Hall–Kier alpha value is -1.57. The third-order valence-electron chi connectivity index (χ3n) is 4.76. The fourth-order valence-electron chi connectivity index (χ4n) is 3.49. The highest BCUT2D eigenvalue weighted by Gasteiger charge is 2.40. The van der Waals surface area contributed by atoms with Crippen molar-refractivity contribution in [2.24, 2.45) is 0 Å². The summed E-state index contributed by atoms with van der Waals surface area (Å²) in [5, 5.41) is 2.02. The van der Waals surface area contributed by atoms with Crippen LogP contribution in [0.2, 0.25) is 0 Å². The maximum atomic E-state index is 13.0. The Bertz CT molecular complexity index is 664. The average Bonchev–Trinajstić information content (AvgIpc) is 2.75. The van der Waals surface area contributed by atoms with Crippen LogP contribution in [0.3, 0.4) is 0 Å². The van der Waals surface area contributed by atoms with Gasteiger partial charge in [0.25, 0.3) is 5.91 Å². The molecule has 0 bridgehead atoms. The van der Waals surface area contributed by atoms with Gasteiger partial charge in [0.2, 0.25) is 0 Å². The lowest BCUT2D eigenvalue weighted by Gasteiger charge is -2.27. The second kappa shape index (κ2) is 7.35. The molecule has 2 heterocycles. The highest BCUT2D eigenvalue weighted by molar-refractivity contribution is 7.17. The number of piperidine rings is 1. The fraction of sp³-hybridized carbons (Fsp3) is 0.647. The first kappa shape index (κ1) is 18.2. The zero-order valence-corrected chi connectivity index (χ0v) is 14.7. The van der Waals surface area contributed by atoms with E-state index in [1.807, 2.05) is 5.32 Å². The van der Waals surface area contributed by atoms with E-state index in [-0.39, 0.29) is 10.9 Å². The van der Waals surface area contributed by atoms with Gasteiger partial charge in [-0.2, -0.15) is 13.2 Å². The Balaban J connectivity index is 1.96. The van der Waals surface area contributed by atoms with Gasteiger partial charge in [-0.05, 0) is 50.5 Å². The predicted octanol–water partition coefficient (Wildman–Crippen LogP) is 4.14. The molecule has 2 aliphatic rings. The van der Waals surface area contributed by atoms with E-state index in [2.05, 4.69) is 0 Å². The first-order chi connectivity index (χ1) is 11.9. The molecule has 4 nitrogen and oxygen atoms in total. The van der Waals surface area contributed by atoms with Crippen molar-refractivity contribution in [1.29, 1.82) is 0 Å². The molecule has 1 aromatic heterocycles. The molecular formula is C17H21F3N2O2S. The number of anilines is 1. The molecule has 8 heteroatoms. The Labute approximate surface area is 148 Å². The monoisotopic (exact) mass is 374 g/mol. The van der Waals surface area contributed by atoms with Gasteiger partial charge in [0.05, 0.1) is 5.56 Å². The molecule has 0 saturated carbocycles. The smallest absolute Gasteiger partial charge is 0.339 e. The molecule has 0 unspecified atom stereocenters. The zero-order valence-electron chi connectivity index (χ0n) is 13.9. The summed E-state index contributed by atoms with van der Waals surface area (Å²) >= 11 is 1.13. The summed E-state index contributed by atoms with van der Waals surface area (Å²) in [4.78, 5) is 27.1. The lowest BCUT2D eigenvalue weighted by molar-refractivity contribution is -0.167. The Morgan fingerprint density at radius 3 is 2.28 bits per heavy atom. The van der Waals surface area contributed by atoms with Crippen LogP contribution in [0.15, 0.2) is 0 Å². The summed E-state index contributed by atoms with van der Waals surface area (Å²) in [5.74, 6) is -2.26. The lowest BCUT2D eigenvalue weighted by atomic mass is 10.0. The van der Waals surface area contributed by atoms with Gasteiger partial charge in [-0.3, -0.25) is 9.59 Å². The van der Waals surface area contributed by atoms with Crippen molar-refractivity contribution in [1.82, 2.24) is 4.90 Å². The number of likely N-dealkylation sites (tertiary alicyclic amines) is 1. The number of hydrogen-bond acceptors (Lipinski definition) is 3. The summed E-state index contributed by atoms with van der Waals surface area (Å²) < 4.78 is 38.0. The molecule has 1 aromatic rings. The molecule has 1 fully saturated rings. The van der Waals surface area contributed by atoms with E-state index < -0.39 is 12.1 Å². The van der Waals surface area contributed by atoms with E-state index >= 15 is 0 Å². The van der Waals surface area contributed by atoms with Gasteiger partial charge in [-0.1, -0.05) is 6.42 Å². The number of fused-ring (bicyclic) bond motifs is 1. The standard InChI is InChI=1S/C17H21F3N2O2S/c18-17(19,20)16(24)21-14-13(15(23)22-9-5-2-6-10-22)11-7-3-1-4-8-12(11)25-14/h1-10H2,(H,21,24). The molecule has 1 aliphatic heterocycles. The minimum absolute atomic E-state index is 0.0600. The van der Waals surface area contributed by atoms with Gasteiger partial charge in [0.15, 0.2) is 0 Å². The number of halogens is 3. The summed E-state index contributed by atoms with van der Waals surface area (Å²) in [6, 6.07) is 0. The normalized spacial score (nSPS) is 18.4. The summed E-state index contributed by atoms with van der Waals surface area (Å²) in [5.41, 5.74) is 1.14. The predicted molar refractivity (Wildman–Crippen MR) is 90.0 cm³/mol. The van der Waals surface area contributed by atoms with Crippen LogP contribution in [0.4, 0.5) is 18.2 Å². The first-order valence-electron chi connectivity index (χ1n) is 8.70. The molecule has 1 aliphatic carbocycles. The molecule has 2 amide bonds. The minimum atomic E-state index is -4.97. The SMILES string of the molecule is O=C(c1c(NC(=O)C(F)(F)F)sc2c1CCCCC2)N1CCCCC1. The largest absolute Gasteiger partial charge is 0.471 e. The van der Waals surface area contributed by atoms with Crippen molar-refractivity contribution in [3.63, 3.8) is 0 Å². The molecule has 0 radical (unpaired) electrons. The summed E-state index contributed by atoms with van der Waals surface area (Å²) in [7, 11) is 0. The molecule has 0 atom stereocenters. The van der Waals surface area contributed by atoms with Crippen LogP contribution in [0.1, 0.15) is 59.3 Å². The minimum Gasteiger partial charge on any atom is -0.339 e. The van der Waals surface area contributed by atoms with Crippen molar-refractivity contribution in [3.8, 4) is 0 Å². The second-order valence-electron chi connectivity index (χ2n) is 6.57. The number of thiophene rings is 1. The maximum Gasteiger partial charge on any atom is 0.471 e. The maximum absolute atomic E-state index is 13.0. The van der Waals surface area contributed by atoms with Gasteiger partial charge in [0, 0.05) is 18.0 Å². The highest BCUT2D eigenvalue weighted by atomic mass is 32.1. The van der Waals surface area contributed by atoms with Crippen LogP contribution in [0, 0.1) is 0 Å². The van der Waals surface area contributed by atoms with E-state index in [1.165, 1.54) is 0 Å². The van der Waals surface area contributed by atoms with Crippen molar-refractivity contribution < 1.29 is 22.8 Å². The first-order valence-corrected chi connectivity index (χ1v) is 9.51. The number of nitrogens with zero attached hydrogens (tertiary/aromatic N) is 1. The van der Waals surface area contributed by atoms with Crippen LogP contribution >= 0.6 is 11.3 Å². The van der Waals surface area contributed by atoms with Crippen LogP contribution in [-0.4, -0.2) is 36.0 Å². The molecule has 0 spiro atoms. The Kier molecular flexibility index (Phi) is 5.36. The molecule has 3 rings (SSSR count). The number of aryl methyl sites for hydroxylation is 1. The van der Waals surface area contributed by atoms with Crippen LogP contribution in [0.5, 0.6) is 0 Å². The van der Waals surface area contributed by atoms with Gasteiger partial charge in [0.1, 0.15) is 5.00 Å². The fourth-order valence-corrected chi connectivity index (χ4v) is 4.76. The van der Waals surface area contributed by atoms with Crippen molar-refractivity contribution in [2.75, 3.05) is 18.4 Å². The number of carbonyl (C=O) groups is 2. The molecule has 25 heavy (non-hydrogen) atoms. The van der Waals surface area contributed by atoms with E-state index in [4.69, 9.17) is 0 Å². The summed E-state index contributed by atoms with van der Waals surface area (Å²) in [6.45, 7) is 1.24. The van der Waals surface area contributed by atoms with Gasteiger partial charge < -0.3 is 10.2 Å². The Morgan fingerprint density at radius 1 is 0.960 bits per heavy atom. The van der Waals surface area contributed by atoms with E-state index in [9.17, 15) is 22.8 Å². The molecular weight excluding hydrogens is 353 g/mol. The molecule has 0 aromatic carbocycles. The summed E-state index contributed by atoms with van der Waals surface area (Å²) in [6.07, 6.45) is 2.25. The average molecular weight is 374 g/mol. The number of alkyl halides is 3. The van der Waals surface area contributed by atoms with Crippen LogP contribution < -0.4 is 5.32 Å². The van der Waals surface area contributed by atoms with Crippen molar-refractivity contribution in [2.45, 2.75) is 57.5 Å². The molecule has 138 valence electrons.